The van der Waals surface area contributed by atoms with E-state index in [4.69, 9.17) is 0 Å². The number of hydrogen-bond donors (Lipinski definition) is 0. The van der Waals surface area contributed by atoms with Gasteiger partial charge in [-0.3, -0.25) is 4.40 Å². The van der Waals surface area contributed by atoms with E-state index in [2.05, 4.69) is 58.8 Å². The minimum atomic E-state index is 0.945. The molecule has 0 bridgehead atoms. The fourth-order valence-corrected chi connectivity index (χ4v) is 2.71. The molecule has 0 saturated carbocycles. The van der Waals surface area contributed by atoms with E-state index in [1.54, 1.807) is 0 Å². The number of imidazole rings is 1. The van der Waals surface area contributed by atoms with Crippen molar-refractivity contribution >= 4 is 11.2 Å². The van der Waals surface area contributed by atoms with Gasteiger partial charge in [-0.2, -0.15) is 5.10 Å². The van der Waals surface area contributed by atoms with E-state index < -0.39 is 0 Å². The summed E-state index contributed by atoms with van der Waals surface area (Å²) in [7, 11) is 0. The van der Waals surface area contributed by atoms with E-state index in [1.807, 2.05) is 23.0 Å². The van der Waals surface area contributed by atoms with Gasteiger partial charge in [0.2, 0.25) is 0 Å². The summed E-state index contributed by atoms with van der Waals surface area (Å²) in [5, 5.41) is 4.66. The summed E-state index contributed by atoms with van der Waals surface area (Å²) in [4.78, 5) is 4.51. The molecule has 4 rings (SSSR count). The highest BCUT2D eigenvalue weighted by atomic mass is 15.2. The average Bonchev–Trinajstić information content (AvgIpc) is 3.10. The van der Waals surface area contributed by atoms with Gasteiger partial charge in [-0.1, -0.05) is 13.0 Å². The highest BCUT2D eigenvalue weighted by molar-refractivity contribution is 5.68. The number of pyridine rings is 2. The molecule has 0 aliphatic carbocycles. The summed E-state index contributed by atoms with van der Waals surface area (Å²) in [6, 6.07) is 10.5. The van der Waals surface area contributed by atoms with Crippen molar-refractivity contribution in [1.82, 2.24) is 19.0 Å². The van der Waals surface area contributed by atoms with Crippen LogP contribution < -0.4 is 0 Å². The topological polar surface area (TPSA) is 34.6 Å². The first-order chi connectivity index (χ1) is 10.3. The highest BCUT2D eigenvalue weighted by Crippen LogP contribution is 2.23. The lowest BCUT2D eigenvalue weighted by Crippen LogP contribution is -1.91. The molecule has 4 heteroatoms. The van der Waals surface area contributed by atoms with E-state index in [0.717, 1.165) is 29.0 Å². The molecule has 0 fully saturated rings. The van der Waals surface area contributed by atoms with Gasteiger partial charge in [0.25, 0.3) is 0 Å². The van der Waals surface area contributed by atoms with Crippen LogP contribution in [-0.4, -0.2) is 19.0 Å². The van der Waals surface area contributed by atoms with Crippen LogP contribution in [0.1, 0.15) is 18.1 Å². The molecule has 0 spiro atoms. The molecule has 4 heterocycles. The Morgan fingerprint density at radius 2 is 2.05 bits per heavy atom. The van der Waals surface area contributed by atoms with Crippen LogP contribution in [0.2, 0.25) is 0 Å². The third kappa shape index (κ3) is 1.83. The lowest BCUT2D eigenvalue weighted by molar-refractivity contribution is 0.954. The molecule has 0 saturated heterocycles. The summed E-state index contributed by atoms with van der Waals surface area (Å²) in [6.07, 6.45) is 6.97. The summed E-state index contributed by atoms with van der Waals surface area (Å²) in [5.74, 6) is 0. The summed E-state index contributed by atoms with van der Waals surface area (Å²) in [6.45, 7) is 4.25. The van der Waals surface area contributed by atoms with Crippen LogP contribution in [0.5, 0.6) is 0 Å². The molecule has 0 amide bonds. The zero-order valence-corrected chi connectivity index (χ0v) is 12.1. The van der Waals surface area contributed by atoms with Gasteiger partial charge < -0.3 is 0 Å². The molecule has 0 atom stereocenters. The Hall–Kier alpha value is -2.62. The molecule has 0 aliphatic rings. The van der Waals surface area contributed by atoms with Crippen LogP contribution in [0.15, 0.2) is 48.9 Å². The maximum absolute atomic E-state index is 4.66. The molecular weight excluding hydrogens is 260 g/mol. The van der Waals surface area contributed by atoms with Gasteiger partial charge in [0.1, 0.15) is 11.3 Å². The van der Waals surface area contributed by atoms with Crippen molar-refractivity contribution in [3.63, 3.8) is 0 Å². The Labute approximate surface area is 122 Å². The normalized spacial score (nSPS) is 11.5. The predicted molar refractivity (Wildman–Crippen MR) is 83.5 cm³/mol. The van der Waals surface area contributed by atoms with Gasteiger partial charge in [0.15, 0.2) is 0 Å². The summed E-state index contributed by atoms with van der Waals surface area (Å²) >= 11 is 0. The van der Waals surface area contributed by atoms with Gasteiger partial charge in [0, 0.05) is 12.4 Å². The van der Waals surface area contributed by atoms with Crippen molar-refractivity contribution in [2.45, 2.75) is 20.3 Å². The van der Waals surface area contributed by atoms with Crippen molar-refractivity contribution in [3.05, 3.63) is 60.0 Å². The Kier molecular flexibility index (Phi) is 2.57. The Balaban J connectivity index is 1.93. The van der Waals surface area contributed by atoms with E-state index in [-0.39, 0.29) is 0 Å². The Morgan fingerprint density at radius 3 is 2.86 bits per heavy atom. The van der Waals surface area contributed by atoms with Crippen molar-refractivity contribution in [2.24, 2.45) is 0 Å². The van der Waals surface area contributed by atoms with Crippen LogP contribution >= 0.6 is 0 Å². The Bertz CT molecular complexity index is 946. The van der Waals surface area contributed by atoms with Crippen molar-refractivity contribution in [3.8, 4) is 11.4 Å². The first-order valence-electron chi connectivity index (χ1n) is 7.17. The molecular formula is C17H16N4. The largest absolute Gasteiger partial charge is 0.298 e. The van der Waals surface area contributed by atoms with Gasteiger partial charge >= 0.3 is 0 Å². The third-order valence-corrected chi connectivity index (χ3v) is 3.96. The molecule has 0 radical (unpaired) electrons. The molecule has 4 nitrogen and oxygen atoms in total. The molecule has 4 aromatic rings. The van der Waals surface area contributed by atoms with Gasteiger partial charge in [-0.25, -0.2) is 9.50 Å². The maximum Gasteiger partial charge on any atom is 0.137 e. The second-order valence-electron chi connectivity index (χ2n) is 5.31. The molecule has 0 aromatic carbocycles. The fraction of sp³-hybridized carbons (Fsp3) is 0.176. The molecule has 0 aliphatic heterocycles. The van der Waals surface area contributed by atoms with Crippen LogP contribution in [0, 0.1) is 6.92 Å². The molecule has 21 heavy (non-hydrogen) atoms. The first-order valence-corrected chi connectivity index (χ1v) is 7.17. The SMILES string of the molecule is CCc1ccn2c(-c3cc4c(C)cccn4n3)cnc2c1. The lowest BCUT2D eigenvalue weighted by Gasteiger charge is -2.00. The predicted octanol–water partition coefficient (Wildman–Crippen LogP) is 3.52. The standard InChI is InChI=1S/C17H16N4/c1-3-13-6-8-20-16(11-18-17(20)9-13)14-10-15-12(2)5-4-7-21(15)19-14/h4-11H,3H2,1-2H3. The summed E-state index contributed by atoms with van der Waals surface area (Å²) in [5.41, 5.74) is 6.59. The quantitative estimate of drug-likeness (QED) is 0.561. The minimum absolute atomic E-state index is 0.945. The average molecular weight is 276 g/mol. The van der Waals surface area contributed by atoms with Crippen molar-refractivity contribution < 1.29 is 0 Å². The smallest absolute Gasteiger partial charge is 0.137 e. The van der Waals surface area contributed by atoms with Gasteiger partial charge in [0.05, 0.1) is 17.4 Å². The lowest BCUT2D eigenvalue weighted by atomic mass is 10.2. The number of hydrogen-bond acceptors (Lipinski definition) is 2. The van der Waals surface area contributed by atoms with E-state index in [0.29, 0.717) is 0 Å². The highest BCUT2D eigenvalue weighted by Gasteiger charge is 2.11. The van der Waals surface area contributed by atoms with Crippen LogP contribution in [0.4, 0.5) is 0 Å². The van der Waals surface area contributed by atoms with Crippen molar-refractivity contribution in [2.75, 3.05) is 0 Å². The molecule has 4 aromatic heterocycles. The second kappa shape index (κ2) is 4.45. The number of nitrogens with zero attached hydrogens (tertiary/aromatic N) is 4. The third-order valence-electron chi connectivity index (χ3n) is 3.96. The molecule has 104 valence electrons. The fourth-order valence-electron chi connectivity index (χ4n) is 2.71. The Morgan fingerprint density at radius 1 is 1.14 bits per heavy atom. The maximum atomic E-state index is 4.66. The number of aryl methyl sites for hydroxylation is 2. The van der Waals surface area contributed by atoms with Crippen LogP contribution in [-0.2, 0) is 6.42 Å². The first kappa shape index (κ1) is 12.1. The van der Waals surface area contributed by atoms with Crippen LogP contribution in [0.3, 0.4) is 0 Å². The number of fused-ring (bicyclic) bond motifs is 2. The zero-order valence-electron chi connectivity index (χ0n) is 12.1. The van der Waals surface area contributed by atoms with E-state index in [9.17, 15) is 0 Å². The van der Waals surface area contributed by atoms with E-state index in [1.165, 1.54) is 11.1 Å². The van der Waals surface area contributed by atoms with Crippen LogP contribution in [0.25, 0.3) is 22.6 Å². The van der Waals surface area contributed by atoms with Crippen molar-refractivity contribution in [1.29, 1.82) is 0 Å². The zero-order chi connectivity index (χ0) is 14.4. The van der Waals surface area contributed by atoms with Gasteiger partial charge in [-0.05, 0) is 48.7 Å². The monoisotopic (exact) mass is 276 g/mol. The molecule has 0 unspecified atom stereocenters. The number of rotatable bonds is 2. The molecule has 0 N–H and O–H groups in total. The minimum Gasteiger partial charge on any atom is -0.298 e. The summed E-state index contributed by atoms with van der Waals surface area (Å²) < 4.78 is 4.01. The van der Waals surface area contributed by atoms with Gasteiger partial charge in [-0.15, -0.1) is 0 Å². The van der Waals surface area contributed by atoms with E-state index >= 15 is 0 Å². The second-order valence-corrected chi connectivity index (χ2v) is 5.31. The number of aromatic nitrogens is 4.